The number of aromatic nitrogens is 2. The van der Waals surface area contributed by atoms with Crippen LogP contribution in [0, 0.1) is 5.92 Å². The number of rotatable bonds is 3. The van der Waals surface area contributed by atoms with Gasteiger partial charge in [-0.1, -0.05) is 13.8 Å². The first kappa shape index (κ1) is 10.7. The van der Waals surface area contributed by atoms with Gasteiger partial charge in [0.2, 0.25) is 0 Å². The lowest BCUT2D eigenvalue weighted by Gasteiger charge is -2.05. The van der Waals surface area contributed by atoms with Gasteiger partial charge in [0.15, 0.2) is 0 Å². The molecule has 0 radical (unpaired) electrons. The first-order valence-electron chi connectivity index (χ1n) is 4.54. The van der Waals surface area contributed by atoms with Crippen molar-refractivity contribution in [1.82, 2.24) is 9.78 Å². The van der Waals surface area contributed by atoms with Crippen LogP contribution in [0.4, 0.5) is 4.79 Å². The van der Waals surface area contributed by atoms with Gasteiger partial charge in [-0.15, -0.1) is 0 Å². The van der Waals surface area contributed by atoms with Gasteiger partial charge in [-0.05, 0) is 5.92 Å². The molecule has 1 heterocycles. The molecular weight excluding hydrogens is 182 g/mol. The predicted molar refractivity (Wildman–Crippen MR) is 51.7 cm³/mol. The summed E-state index contributed by atoms with van der Waals surface area (Å²) >= 11 is 0. The summed E-state index contributed by atoms with van der Waals surface area (Å²) in [4.78, 5) is 11.3. The largest absolute Gasteiger partial charge is 0.448 e. The van der Waals surface area contributed by atoms with Crippen molar-refractivity contribution in [3.63, 3.8) is 0 Å². The fraction of sp³-hybridized carbons (Fsp3) is 0.556. The van der Waals surface area contributed by atoms with Crippen molar-refractivity contribution < 1.29 is 9.53 Å². The highest BCUT2D eigenvalue weighted by Gasteiger charge is 2.08. The van der Waals surface area contributed by atoms with E-state index in [-0.39, 0.29) is 0 Å². The van der Waals surface area contributed by atoms with Crippen LogP contribution in [0.25, 0.3) is 0 Å². The van der Waals surface area contributed by atoms with Crippen molar-refractivity contribution in [1.29, 1.82) is 0 Å². The van der Waals surface area contributed by atoms with Crippen LogP contribution in [-0.4, -0.2) is 22.5 Å². The Morgan fingerprint density at radius 1 is 1.71 bits per heavy atom. The number of ether oxygens (including phenoxy) is 1. The van der Waals surface area contributed by atoms with Crippen LogP contribution in [0.5, 0.6) is 0 Å². The zero-order chi connectivity index (χ0) is 10.6. The van der Waals surface area contributed by atoms with Gasteiger partial charge in [-0.25, -0.2) is 4.79 Å². The number of nitrogens with zero attached hydrogens (tertiary/aromatic N) is 2. The second kappa shape index (κ2) is 4.76. The first-order chi connectivity index (χ1) is 6.63. The van der Waals surface area contributed by atoms with E-state index in [1.807, 2.05) is 13.8 Å². The molecule has 0 atom stereocenters. The maximum atomic E-state index is 11.3. The lowest BCUT2D eigenvalue weighted by atomic mass is 10.2. The standard InChI is InChI=1S/C9H15N3O2/c1-7(2)6-14-9(13)12-5-8(3-10)4-11-12/h4-5,7H,3,6,10H2,1-2H3. The van der Waals surface area contributed by atoms with Crippen LogP contribution in [0.1, 0.15) is 19.4 Å². The molecule has 0 saturated heterocycles. The van der Waals surface area contributed by atoms with Crippen molar-refractivity contribution in [3.05, 3.63) is 18.0 Å². The highest BCUT2D eigenvalue weighted by Crippen LogP contribution is 1.99. The highest BCUT2D eigenvalue weighted by atomic mass is 16.6. The molecule has 1 aromatic heterocycles. The summed E-state index contributed by atoms with van der Waals surface area (Å²) in [6.07, 6.45) is 2.66. The normalized spacial score (nSPS) is 10.6. The average molecular weight is 197 g/mol. The van der Waals surface area contributed by atoms with E-state index in [4.69, 9.17) is 10.5 Å². The minimum atomic E-state index is -0.460. The van der Waals surface area contributed by atoms with Crippen LogP contribution in [-0.2, 0) is 11.3 Å². The second-order valence-corrected chi connectivity index (χ2v) is 3.47. The summed E-state index contributed by atoms with van der Waals surface area (Å²) in [5.74, 6) is 0.323. The molecule has 0 bridgehead atoms. The summed E-state index contributed by atoms with van der Waals surface area (Å²) in [7, 11) is 0. The van der Waals surface area contributed by atoms with Crippen molar-refractivity contribution in [2.75, 3.05) is 6.61 Å². The Hall–Kier alpha value is -1.36. The van der Waals surface area contributed by atoms with Crippen molar-refractivity contribution in [2.24, 2.45) is 11.7 Å². The number of hydrogen-bond donors (Lipinski definition) is 1. The van der Waals surface area contributed by atoms with E-state index in [2.05, 4.69) is 5.10 Å². The summed E-state index contributed by atoms with van der Waals surface area (Å²) in [5, 5.41) is 3.83. The quantitative estimate of drug-likeness (QED) is 0.784. The van der Waals surface area contributed by atoms with E-state index in [1.54, 1.807) is 12.4 Å². The lowest BCUT2D eigenvalue weighted by Crippen LogP contribution is -2.16. The van der Waals surface area contributed by atoms with Crippen molar-refractivity contribution >= 4 is 6.09 Å². The fourth-order valence-electron chi connectivity index (χ4n) is 0.869. The van der Waals surface area contributed by atoms with E-state index in [0.29, 0.717) is 19.1 Å². The van der Waals surface area contributed by atoms with Gasteiger partial charge in [0.05, 0.1) is 12.8 Å². The molecule has 14 heavy (non-hydrogen) atoms. The Bertz CT molecular complexity index is 307. The van der Waals surface area contributed by atoms with Gasteiger partial charge in [0, 0.05) is 18.3 Å². The van der Waals surface area contributed by atoms with E-state index < -0.39 is 6.09 Å². The van der Waals surface area contributed by atoms with Crippen LogP contribution in [0.3, 0.4) is 0 Å². The topological polar surface area (TPSA) is 70.1 Å². The molecule has 5 heteroatoms. The maximum Gasteiger partial charge on any atom is 0.434 e. The van der Waals surface area contributed by atoms with E-state index in [0.717, 1.165) is 10.2 Å². The van der Waals surface area contributed by atoms with Crippen LogP contribution < -0.4 is 5.73 Å². The van der Waals surface area contributed by atoms with Gasteiger partial charge in [0.1, 0.15) is 0 Å². The van der Waals surface area contributed by atoms with E-state index in [9.17, 15) is 4.79 Å². The molecule has 5 nitrogen and oxygen atoms in total. The fourth-order valence-corrected chi connectivity index (χ4v) is 0.869. The van der Waals surface area contributed by atoms with Crippen molar-refractivity contribution in [3.8, 4) is 0 Å². The molecule has 1 aromatic rings. The third-order valence-corrected chi connectivity index (χ3v) is 1.60. The molecule has 0 saturated carbocycles. The van der Waals surface area contributed by atoms with Crippen LogP contribution in [0.2, 0.25) is 0 Å². The SMILES string of the molecule is CC(C)COC(=O)n1cc(CN)cn1. The lowest BCUT2D eigenvalue weighted by molar-refractivity contribution is 0.131. The monoisotopic (exact) mass is 197 g/mol. The number of carbonyl (C=O) groups is 1. The molecule has 0 aromatic carbocycles. The molecule has 0 aliphatic rings. The highest BCUT2D eigenvalue weighted by molar-refractivity contribution is 5.69. The minimum Gasteiger partial charge on any atom is -0.448 e. The first-order valence-corrected chi connectivity index (χ1v) is 4.54. The molecule has 0 aliphatic heterocycles. The molecule has 1 rings (SSSR count). The summed E-state index contributed by atoms with van der Waals surface area (Å²) in [6, 6.07) is 0. The molecule has 0 unspecified atom stereocenters. The molecule has 78 valence electrons. The second-order valence-electron chi connectivity index (χ2n) is 3.47. The molecule has 0 aliphatic carbocycles. The smallest absolute Gasteiger partial charge is 0.434 e. The predicted octanol–water partition coefficient (Wildman–Crippen LogP) is 0.982. The molecular formula is C9H15N3O2. The Balaban J connectivity index is 2.52. The van der Waals surface area contributed by atoms with Gasteiger partial charge in [-0.2, -0.15) is 9.78 Å². The van der Waals surface area contributed by atoms with Crippen molar-refractivity contribution in [2.45, 2.75) is 20.4 Å². The molecule has 0 amide bonds. The Labute approximate surface area is 82.8 Å². The zero-order valence-corrected chi connectivity index (χ0v) is 8.43. The van der Waals surface area contributed by atoms with E-state index >= 15 is 0 Å². The number of hydrogen-bond acceptors (Lipinski definition) is 4. The van der Waals surface area contributed by atoms with Crippen LogP contribution in [0.15, 0.2) is 12.4 Å². The summed E-state index contributed by atoms with van der Waals surface area (Å²) in [5.41, 5.74) is 6.19. The maximum absolute atomic E-state index is 11.3. The third-order valence-electron chi connectivity index (χ3n) is 1.60. The molecule has 0 fully saturated rings. The Morgan fingerprint density at radius 3 is 2.93 bits per heavy atom. The minimum absolute atomic E-state index is 0.323. The molecule has 2 N–H and O–H groups in total. The van der Waals surface area contributed by atoms with Gasteiger partial charge in [-0.3, -0.25) is 0 Å². The van der Waals surface area contributed by atoms with E-state index in [1.165, 1.54) is 0 Å². The summed E-state index contributed by atoms with van der Waals surface area (Å²) < 4.78 is 6.13. The Morgan fingerprint density at radius 2 is 2.43 bits per heavy atom. The van der Waals surface area contributed by atoms with Crippen LogP contribution >= 0.6 is 0 Å². The van der Waals surface area contributed by atoms with Gasteiger partial charge in [0.25, 0.3) is 0 Å². The molecule has 0 spiro atoms. The number of carbonyl (C=O) groups excluding carboxylic acids is 1. The zero-order valence-electron chi connectivity index (χ0n) is 8.43. The third kappa shape index (κ3) is 2.85. The Kier molecular flexibility index (Phi) is 3.64. The van der Waals surface area contributed by atoms with Gasteiger partial charge < -0.3 is 10.5 Å². The number of nitrogens with two attached hydrogens (primary N) is 1. The van der Waals surface area contributed by atoms with Gasteiger partial charge >= 0.3 is 6.09 Å². The summed E-state index contributed by atoms with van der Waals surface area (Å²) in [6.45, 7) is 4.72. The average Bonchev–Trinajstić information content (AvgIpc) is 2.62.